The molecule has 3 aromatic rings. The number of aryl methyl sites for hydroxylation is 1. The molecule has 1 aromatic carbocycles. The number of hydrogen-bond acceptors (Lipinski definition) is 6. The molecular formula is C22H29N5O2S. The lowest BCUT2D eigenvalue weighted by Gasteiger charge is -2.32. The largest absolute Gasteiger partial charge is 0.354 e. The summed E-state index contributed by atoms with van der Waals surface area (Å²) in [6, 6.07) is 7.23. The van der Waals surface area contributed by atoms with E-state index < -0.39 is 6.04 Å². The molecule has 2 aromatic heterocycles. The Morgan fingerprint density at radius 2 is 1.97 bits per heavy atom. The molecule has 3 heterocycles. The molecule has 0 bridgehead atoms. The number of carbonyl (C=O) groups excluding carboxylic acids is 1. The summed E-state index contributed by atoms with van der Waals surface area (Å²) in [5, 5.41) is 9.05. The maximum atomic E-state index is 13.2. The molecule has 0 saturated carbocycles. The van der Waals surface area contributed by atoms with Crippen molar-refractivity contribution in [2.45, 2.75) is 26.3 Å². The number of likely N-dealkylation sites (N-methyl/N-ethyl adjacent to an activating group) is 1. The van der Waals surface area contributed by atoms with Crippen LogP contribution in [-0.4, -0.2) is 71.8 Å². The van der Waals surface area contributed by atoms with Gasteiger partial charge < -0.3 is 15.1 Å². The highest BCUT2D eigenvalue weighted by Crippen LogP contribution is 2.32. The molecule has 1 saturated heterocycles. The number of amides is 1. The fourth-order valence-electron chi connectivity index (χ4n) is 3.99. The predicted molar refractivity (Wildman–Crippen MR) is 122 cm³/mol. The van der Waals surface area contributed by atoms with Crippen molar-refractivity contribution in [3.8, 4) is 0 Å². The lowest BCUT2D eigenvalue weighted by Crippen LogP contribution is -2.45. The lowest BCUT2D eigenvalue weighted by molar-refractivity contribution is -0.124. The fourth-order valence-corrected chi connectivity index (χ4v) is 5.12. The van der Waals surface area contributed by atoms with E-state index in [-0.39, 0.29) is 11.5 Å². The third kappa shape index (κ3) is 4.12. The van der Waals surface area contributed by atoms with Crippen LogP contribution in [0.1, 0.15) is 25.1 Å². The third-order valence-electron chi connectivity index (χ3n) is 5.90. The van der Waals surface area contributed by atoms with Gasteiger partial charge in [-0.1, -0.05) is 18.2 Å². The zero-order chi connectivity index (χ0) is 21.3. The molecule has 30 heavy (non-hydrogen) atoms. The Bertz CT molecular complexity index is 1110. The Kier molecular flexibility index (Phi) is 6.17. The minimum Gasteiger partial charge on any atom is -0.354 e. The van der Waals surface area contributed by atoms with E-state index in [1.807, 2.05) is 31.2 Å². The standard InChI is InChI=1S/C22H29N5O2S/c1-15-20-19(17-7-4-5-8-18(17)30-20)22(29)27(24-15)16(2)21(28)23-9-6-10-26-13-11-25(3)12-14-26/h4-5,7-8,16H,6,9-14H2,1-3H3,(H,23,28). The first kappa shape index (κ1) is 21.0. The van der Waals surface area contributed by atoms with E-state index in [0.717, 1.165) is 59.6 Å². The summed E-state index contributed by atoms with van der Waals surface area (Å²) in [5.74, 6) is -0.165. The van der Waals surface area contributed by atoms with Crippen molar-refractivity contribution < 1.29 is 4.79 Å². The van der Waals surface area contributed by atoms with Crippen molar-refractivity contribution in [3.63, 3.8) is 0 Å². The van der Waals surface area contributed by atoms with E-state index in [2.05, 4.69) is 27.3 Å². The second kappa shape index (κ2) is 8.83. The normalized spacial score (nSPS) is 16.9. The van der Waals surface area contributed by atoms with E-state index in [4.69, 9.17) is 0 Å². The molecule has 1 amide bonds. The average molecular weight is 428 g/mol. The van der Waals surface area contributed by atoms with E-state index >= 15 is 0 Å². The quantitative estimate of drug-likeness (QED) is 0.611. The van der Waals surface area contributed by atoms with Crippen LogP contribution in [-0.2, 0) is 4.79 Å². The zero-order valence-corrected chi connectivity index (χ0v) is 18.7. The van der Waals surface area contributed by atoms with Crippen molar-refractivity contribution in [3.05, 3.63) is 40.3 Å². The fraction of sp³-hybridized carbons (Fsp3) is 0.500. The summed E-state index contributed by atoms with van der Waals surface area (Å²) < 4.78 is 3.30. The summed E-state index contributed by atoms with van der Waals surface area (Å²) in [7, 11) is 2.15. The van der Waals surface area contributed by atoms with Gasteiger partial charge in [0, 0.05) is 42.8 Å². The number of carbonyl (C=O) groups is 1. The van der Waals surface area contributed by atoms with Crippen molar-refractivity contribution in [1.29, 1.82) is 0 Å². The second-order valence-corrected chi connectivity index (χ2v) is 9.16. The van der Waals surface area contributed by atoms with Crippen LogP contribution in [0.25, 0.3) is 20.2 Å². The smallest absolute Gasteiger partial charge is 0.276 e. The van der Waals surface area contributed by atoms with Gasteiger partial charge >= 0.3 is 0 Å². The summed E-state index contributed by atoms with van der Waals surface area (Å²) in [6.07, 6.45) is 0.901. The van der Waals surface area contributed by atoms with Crippen LogP contribution in [0.15, 0.2) is 29.1 Å². The molecule has 1 fully saturated rings. The Labute approximate surface area is 180 Å². The first-order chi connectivity index (χ1) is 14.5. The van der Waals surface area contributed by atoms with Crippen molar-refractivity contribution >= 4 is 37.4 Å². The molecule has 0 spiro atoms. The summed E-state index contributed by atoms with van der Waals surface area (Å²) in [4.78, 5) is 30.7. The van der Waals surface area contributed by atoms with Gasteiger partial charge in [-0.2, -0.15) is 5.10 Å². The Morgan fingerprint density at radius 3 is 2.73 bits per heavy atom. The zero-order valence-electron chi connectivity index (χ0n) is 17.9. The number of thiophene rings is 1. The van der Waals surface area contributed by atoms with Gasteiger partial charge in [0.05, 0.1) is 15.8 Å². The van der Waals surface area contributed by atoms with Crippen LogP contribution in [0.3, 0.4) is 0 Å². The molecule has 0 radical (unpaired) electrons. The topological polar surface area (TPSA) is 70.5 Å². The van der Waals surface area contributed by atoms with Gasteiger partial charge in [0.2, 0.25) is 5.91 Å². The van der Waals surface area contributed by atoms with Crippen molar-refractivity contribution in [1.82, 2.24) is 24.9 Å². The number of fused-ring (bicyclic) bond motifs is 3. The Hall–Kier alpha value is -2.29. The van der Waals surface area contributed by atoms with E-state index in [1.54, 1.807) is 18.3 Å². The van der Waals surface area contributed by atoms with Gasteiger partial charge in [-0.3, -0.25) is 9.59 Å². The molecule has 1 unspecified atom stereocenters. The number of nitrogens with zero attached hydrogens (tertiary/aromatic N) is 4. The molecule has 1 aliphatic rings. The predicted octanol–water partition coefficient (Wildman–Crippen LogP) is 2.23. The lowest BCUT2D eigenvalue weighted by atomic mass is 10.2. The third-order valence-corrected chi connectivity index (χ3v) is 7.18. The van der Waals surface area contributed by atoms with Crippen LogP contribution in [0.4, 0.5) is 0 Å². The molecule has 1 atom stereocenters. The van der Waals surface area contributed by atoms with Crippen LogP contribution in [0, 0.1) is 6.92 Å². The average Bonchev–Trinajstić information content (AvgIpc) is 3.15. The van der Waals surface area contributed by atoms with Gasteiger partial charge in [0.1, 0.15) is 6.04 Å². The number of hydrogen-bond donors (Lipinski definition) is 1. The van der Waals surface area contributed by atoms with Crippen LogP contribution >= 0.6 is 11.3 Å². The summed E-state index contributed by atoms with van der Waals surface area (Å²) >= 11 is 1.58. The SMILES string of the molecule is Cc1nn(C(C)C(=O)NCCCN2CCN(C)CC2)c(=O)c2c1sc1ccccc12. The first-order valence-corrected chi connectivity index (χ1v) is 11.4. The van der Waals surface area contributed by atoms with Crippen LogP contribution in [0.2, 0.25) is 0 Å². The number of piperazine rings is 1. The summed E-state index contributed by atoms with van der Waals surface area (Å²) in [5.41, 5.74) is 0.577. The molecule has 0 aliphatic carbocycles. The highest BCUT2D eigenvalue weighted by molar-refractivity contribution is 7.26. The van der Waals surface area contributed by atoms with Crippen LogP contribution in [0.5, 0.6) is 0 Å². The van der Waals surface area contributed by atoms with Crippen molar-refractivity contribution in [2.24, 2.45) is 0 Å². The maximum Gasteiger partial charge on any atom is 0.276 e. The molecule has 160 valence electrons. The van der Waals surface area contributed by atoms with Gasteiger partial charge in [-0.25, -0.2) is 4.68 Å². The maximum absolute atomic E-state index is 13.2. The highest BCUT2D eigenvalue weighted by Gasteiger charge is 2.21. The monoisotopic (exact) mass is 427 g/mol. The van der Waals surface area contributed by atoms with E-state index in [1.165, 1.54) is 4.68 Å². The van der Waals surface area contributed by atoms with E-state index in [9.17, 15) is 9.59 Å². The van der Waals surface area contributed by atoms with Gasteiger partial charge in [-0.15, -0.1) is 11.3 Å². The number of rotatable bonds is 6. The van der Waals surface area contributed by atoms with Gasteiger partial charge in [0.25, 0.3) is 5.56 Å². The Morgan fingerprint density at radius 1 is 1.23 bits per heavy atom. The minimum atomic E-state index is -0.650. The first-order valence-electron chi connectivity index (χ1n) is 10.5. The second-order valence-electron chi connectivity index (χ2n) is 8.10. The Balaban J connectivity index is 1.44. The number of benzene rings is 1. The van der Waals surface area contributed by atoms with Gasteiger partial charge in [-0.05, 0) is 39.9 Å². The molecule has 1 aliphatic heterocycles. The molecule has 8 heteroatoms. The molecule has 4 rings (SSSR count). The summed E-state index contributed by atoms with van der Waals surface area (Å²) in [6.45, 7) is 9.56. The molecule has 7 nitrogen and oxygen atoms in total. The van der Waals surface area contributed by atoms with Crippen molar-refractivity contribution in [2.75, 3.05) is 46.3 Å². The number of aromatic nitrogens is 2. The molecular weight excluding hydrogens is 398 g/mol. The number of nitrogens with one attached hydrogen (secondary N) is 1. The highest BCUT2D eigenvalue weighted by atomic mass is 32.1. The minimum absolute atomic E-state index is 0.165. The van der Waals surface area contributed by atoms with E-state index in [0.29, 0.717) is 11.9 Å². The van der Waals surface area contributed by atoms with Crippen LogP contribution < -0.4 is 10.9 Å². The van der Waals surface area contributed by atoms with Gasteiger partial charge in [0.15, 0.2) is 0 Å². The molecule has 1 N–H and O–H groups in total.